The molecule has 3 heteroatoms. The van der Waals surface area contributed by atoms with E-state index in [-0.39, 0.29) is 23.1 Å². The summed E-state index contributed by atoms with van der Waals surface area (Å²) >= 11 is 0. The van der Waals surface area contributed by atoms with Crippen molar-refractivity contribution in [3.63, 3.8) is 0 Å². The van der Waals surface area contributed by atoms with Crippen LogP contribution < -0.4 is 0 Å². The molecule has 0 radical (unpaired) electrons. The molecule has 2 spiro atoms. The standard InChI is InChI=1S/C21H26O3.C2H6/c1-19-7-4-13(22)10-12(19)2-3-14-15(19)5-8-20-16(14)6-9-21(20)17(20)11-18(23)24-21;1-2/h2-3,10,13-17,22H,4-9,11H2,1H3;1-2H3/t13?,14?,15?,16?,17?,19?,20?,21-;/m1./s1. The fraction of sp³-hybridized carbons (Fsp3) is 0.783. The van der Waals surface area contributed by atoms with Crippen LogP contribution in [0.3, 0.4) is 0 Å². The summed E-state index contributed by atoms with van der Waals surface area (Å²) in [6, 6.07) is 0. The van der Waals surface area contributed by atoms with E-state index < -0.39 is 0 Å². The number of hydrogen-bond acceptors (Lipinski definition) is 3. The molecule has 1 heterocycles. The molecule has 5 aliphatic carbocycles. The van der Waals surface area contributed by atoms with E-state index in [1.54, 1.807) is 0 Å². The van der Waals surface area contributed by atoms with Gasteiger partial charge in [0, 0.05) is 11.3 Å². The Labute approximate surface area is 156 Å². The predicted octanol–water partition coefficient (Wildman–Crippen LogP) is 4.41. The summed E-state index contributed by atoms with van der Waals surface area (Å²) in [6.45, 7) is 6.43. The first-order valence-electron chi connectivity index (χ1n) is 10.8. The fourth-order valence-electron chi connectivity index (χ4n) is 8.19. The molecule has 26 heavy (non-hydrogen) atoms. The van der Waals surface area contributed by atoms with Gasteiger partial charge in [-0.15, -0.1) is 0 Å². The maximum absolute atomic E-state index is 11.8. The smallest absolute Gasteiger partial charge is 0.306 e. The quantitative estimate of drug-likeness (QED) is 0.654. The van der Waals surface area contributed by atoms with Gasteiger partial charge in [0.2, 0.25) is 0 Å². The first kappa shape index (κ1) is 17.0. The summed E-state index contributed by atoms with van der Waals surface area (Å²) in [6.07, 6.45) is 14.1. The second-order valence-corrected chi connectivity index (χ2v) is 9.53. The molecule has 0 bridgehead atoms. The molecule has 0 aromatic rings. The van der Waals surface area contributed by atoms with Gasteiger partial charge in [-0.3, -0.25) is 4.79 Å². The van der Waals surface area contributed by atoms with E-state index in [9.17, 15) is 9.90 Å². The van der Waals surface area contributed by atoms with Crippen molar-refractivity contribution in [1.82, 2.24) is 0 Å². The number of rotatable bonds is 0. The summed E-state index contributed by atoms with van der Waals surface area (Å²) in [5.41, 5.74) is 1.86. The molecule has 3 nitrogen and oxygen atoms in total. The largest absolute Gasteiger partial charge is 0.458 e. The van der Waals surface area contributed by atoms with Crippen LogP contribution in [0.25, 0.3) is 0 Å². The minimum absolute atomic E-state index is 0.0473. The number of carbonyl (C=O) groups is 1. The van der Waals surface area contributed by atoms with E-state index in [4.69, 9.17) is 4.74 Å². The van der Waals surface area contributed by atoms with Gasteiger partial charge in [-0.05, 0) is 67.3 Å². The number of hydrogen-bond donors (Lipinski definition) is 1. The Morgan fingerprint density at radius 3 is 2.65 bits per heavy atom. The minimum Gasteiger partial charge on any atom is -0.458 e. The first-order valence-corrected chi connectivity index (χ1v) is 10.8. The summed E-state index contributed by atoms with van der Waals surface area (Å²) in [4.78, 5) is 11.8. The Kier molecular flexibility index (Phi) is 3.44. The molecule has 142 valence electrons. The van der Waals surface area contributed by atoms with Crippen molar-refractivity contribution in [2.24, 2.45) is 34.5 Å². The van der Waals surface area contributed by atoms with Crippen molar-refractivity contribution in [2.45, 2.75) is 77.4 Å². The van der Waals surface area contributed by atoms with Crippen molar-refractivity contribution in [3.05, 3.63) is 23.8 Å². The Morgan fingerprint density at radius 1 is 1.12 bits per heavy atom. The summed E-state index contributed by atoms with van der Waals surface area (Å²) < 4.78 is 5.93. The van der Waals surface area contributed by atoms with Gasteiger partial charge in [-0.1, -0.05) is 39.0 Å². The van der Waals surface area contributed by atoms with Gasteiger partial charge in [-0.25, -0.2) is 0 Å². The lowest BCUT2D eigenvalue weighted by Gasteiger charge is -2.54. The molecule has 1 N–H and O–H groups in total. The number of esters is 1. The van der Waals surface area contributed by atoms with Gasteiger partial charge in [0.25, 0.3) is 0 Å². The molecule has 8 atom stereocenters. The highest BCUT2D eigenvalue weighted by molar-refractivity contribution is 5.76. The van der Waals surface area contributed by atoms with E-state index in [0.717, 1.165) is 19.3 Å². The van der Waals surface area contributed by atoms with Gasteiger partial charge in [0.1, 0.15) is 5.60 Å². The zero-order chi connectivity index (χ0) is 18.3. The van der Waals surface area contributed by atoms with Crippen LogP contribution in [0, 0.1) is 34.5 Å². The van der Waals surface area contributed by atoms with Crippen molar-refractivity contribution >= 4 is 5.97 Å². The molecule has 1 aliphatic heterocycles. The molecular formula is C23H32O3. The van der Waals surface area contributed by atoms with Crippen molar-refractivity contribution in [3.8, 4) is 0 Å². The van der Waals surface area contributed by atoms with Crippen molar-refractivity contribution in [2.75, 3.05) is 0 Å². The molecule has 7 unspecified atom stereocenters. The van der Waals surface area contributed by atoms with E-state index in [0.29, 0.717) is 35.5 Å². The highest BCUT2D eigenvalue weighted by atomic mass is 16.6. The van der Waals surface area contributed by atoms with E-state index in [1.807, 2.05) is 13.8 Å². The van der Waals surface area contributed by atoms with Gasteiger partial charge in [0.05, 0.1) is 12.5 Å². The Hall–Kier alpha value is -1.09. The summed E-state index contributed by atoms with van der Waals surface area (Å²) in [5.74, 6) is 2.61. The second kappa shape index (κ2) is 5.25. The first-order chi connectivity index (χ1) is 12.5. The van der Waals surface area contributed by atoms with Crippen LogP contribution in [-0.4, -0.2) is 22.8 Å². The van der Waals surface area contributed by atoms with Crippen LogP contribution in [-0.2, 0) is 9.53 Å². The summed E-state index contributed by atoms with van der Waals surface area (Å²) in [5, 5.41) is 10.0. The van der Waals surface area contributed by atoms with Crippen molar-refractivity contribution in [1.29, 1.82) is 0 Å². The predicted molar refractivity (Wildman–Crippen MR) is 100 cm³/mol. The number of carbonyl (C=O) groups excluding carboxylic acids is 1. The van der Waals surface area contributed by atoms with E-state index in [2.05, 4.69) is 25.2 Å². The minimum atomic E-state index is -0.263. The molecular weight excluding hydrogens is 324 g/mol. The van der Waals surface area contributed by atoms with E-state index >= 15 is 0 Å². The normalized spacial score (nSPS) is 55.2. The maximum Gasteiger partial charge on any atom is 0.306 e. The number of aliphatic hydroxyl groups excluding tert-OH is 1. The molecule has 0 amide bonds. The van der Waals surface area contributed by atoms with Crippen LogP contribution >= 0.6 is 0 Å². The molecule has 6 rings (SSSR count). The Balaban J connectivity index is 0.000000727. The average Bonchev–Trinajstić information content (AvgIpc) is 2.94. The zero-order valence-corrected chi connectivity index (χ0v) is 16.3. The second-order valence-electron chi connectivity index (χ2n) is 9.53. The van der Waals surface area contributed by atoms with Gasteiger partial charge >= 0.3 is 5.97 Å². The van der Waals surface area contributed by atoms with Crippen LogP contribution in [0.5, 0.6) is 0 Å². The third kappa shape index (κ3) is 1.72. The van der Waals surface area contributed by atoms with Gasteiger partial charge in [0.15, 0.2) is 0 Å². The lowest BCUT2D eigenvalue weighted by Crippen LogP contribution is -2.47. The van der Waals surface area contributed by atoms with Crippen molar-refractivity contribution < 1.29 is 14.6 Å². The maximum atomic E-state index is 11.8. The average molecular weight is 357 g/mol. The fourth-order valence-corrected chi connectivity index (χ4v) is 8.19. The lowest BCUT2D eigenvalue weighted by molar-refractivity contribution is -0.149. The Bertz CT molecular complexity index is 708. The molecule has 3 saturated carbocycles. The van der Waals surface area contributed by atoms with E-state index in [1.165, 1.54) is 24.8 Å². The number of allylic oxidation sites excluding steroid dienone is 3. The monoisotopic (exact) mass is 356 g/mol. The number of aliphatic hydroxyl groups is 1. The SMILES string of the molecule is CC.CC12CCC(O)C=C1C=CC1C2CCC23C1CC[C@]21OC(=O)CC31. The molecule has 0 aromatic carbocycles. The van der Waals surface area contributed by atoms with Crippen LogP contribution in [0.15, 0.2) is 23.8 Å². The van der Waals surface area contributed by atoms with Crippen LogP contribution in [0.1, 0.15) is 65.7 Å². The highest BCUT2D eigenvalue weighted by Crippen LogP contribution is 2.84. The lowest BCUT2D eigenvalue weighted by atomic mass is 9.50. The molecule has 4 fully saturated rings. The molecule has 0 aromatic heterocycles. The zero-order valence-electron chi connectivity index (χ0n) is 16.3. The highest BCUT2D eigenvalue weighted by Gasteiger charge is 2.88. The van der Waals surface area contributed by atoms with Crippen LogP contribution in [0.2, 0.25) is 0 Å². The summed E-state index contributed by atoms with van der Waals surface area (Å²) in [7, 11) is 0. The topological polar surface area (TPSA) is 46.5 Å². The third-order valence-electron chi connectivity index (χ3n) is 9.15. The van der Waals surface area contributed by atoms with Gasteiger partial charge in [-0.2, -0.15) is 0 Å². The third-order valence-corrected chi connectivity index (χ3v) is 9.15. The molecule has 6 aliphatic rings. The number of ether oxygens (including phenoxy) is 1. The van der Waals surface area contributed by atoms with Gasteiger partial charge < -0.3 is 9.84 Å². The Morgan fingerprint density at radius 2 is 1.88 bits per heavy atom. The number of fused-ring (bicyclic) bond motifs is 4. The van der Waals surface area contributed by atoms with Crippen LogP contribution in [0.4, 0.5) is 0 Å². The molecule has 1 saturated heterocycles.